The number of fused-ring (bicyclic) bond motifs is 1. The summed E-state index contributed by atoms with van der Waals surface area (Å²) in [5, 5.41) is 14.3. The second-order valence-electron chi connectivity index (χ2n) is 6.47. The maximum Gasteiger partial charge on any atom is 0.273 e. The van der Waals surface area contributed by atoms with Crippen molar-refractivity contribution in [1.29, 1.82) is 0 Å². The summed E-state index contributed by atoms with van der Waals surface area (Å²) >= 11 is 0. The maximum absolute atomic E-state index is 11.0. The second-order valence-corrected chi connectivity index (χ2v) is 6.47. The summed E-state index contributed by atoms with van der Waals surface area (Å²) in [6, 6.07) is 13.0. The number of ether oxygens (including phenoxy) is 1. The highest BCUT2D eigenvalue weighted by atomic mass is 16.6. The van der Waals surface area contributed by atoms with Gasteiger partial charge in [0.15, 0.2) is 0 Å². The molecule has 3 rings (SSSR count). The van der Waals surface area contributed by atoms with Crippen LogP contribution in [0.1, 0.15) is 30.5 Å². The van der Waals surface area contributed by atoms with Crippen LogP contribution in [-0.4, -0.2) is 10.5 Å². The maximum atomic E-state index is 11.0. The van der Waals surface area contributed by atoms with Gasteiger partial charge in [-0.05, 0) is 31.0 Å². The van der Waals surface area contributed by atoms with E-state index in [1.807, 2.05) is 18.2 Å². The molecule has 0 aliphatic carbocycles. The summed E-state index contributed by atoms with van der Waals surface area (Å²) in [5.74, 6) is 0.956. The number of nitrogens with one attached hydrogen (secondary N) is 1. The zero-order chi connectivity index (χ0) is 16.4. The molecular formula is C18H20N2O3. The molecule has 2 aromatic rings. The molecule has 0 amide bonds. The summed E-state index contributed by atoms with van der Waals surface area (Å²) < 4.78 is 5.87. The summed E-state index contributed by atoms with van der Waals surface area (Å²) in [4.78, 5) is 10.7. The highest BCUT2D eigenvalue weighted by molar-refractivity contribution is 5.42. The predicted octanol–water partition coefficient (Wildman–Crippen LogP) is 3.60. The van der Waals surface area contributed by atoms with Crippen molar-refractivity contribution in [3.05, 3.63) is 69.3 Å². The molecule has 0 aromatic heterocycles. The molecule has 0 saturated carbocycles. The van der Waals surface area contributed by atoms with Crippen LogP contribution >= 0.6 is 0 Å². The molecular weight excluding hydrogens is 292 g/mol. The Morgan fingerprint density at radius 3 is 2.78 bits per heavy atom. The van der Waals surface area contributed by atoms with E-state index in [-0.39, 0.29) is 16.2 Å². The van der Waals surface area contributed by atoms with Crippen LogP contribution in [0.4, 0.5) is 5.69 Å². The molecule has 1 heterocycles. The van der Waals surface area contributed by atoms with E-state index in [9.17, 15) is 10.1 Å². The fourth-order valence-corrected chi connectivity index (χ4v) is 2.95. The van der Waals surface area contributed by atoms with Gasteiger partial charge in [0, 0.05) is 31.1 Å². The Bertz CT molecular complexity index is 741. The van der Waals surface area contributed by atoms with Gasteiger partial charge < -0.3 is 10.1 Å². The van der Waals surface area contributed by atoms with Crippen LogP contribution < -0.4 is 10.1 Å². The van der Waals surface area contributed by atoms with Gasteiger partial charge in [-0.1, -0.05) is 30.3 Å². The Labute approximate surface area is 135 Å². The van der Waals surface area contributed by atoms with Gasteiger partial charge in [0.05, 0.1) is 4.92 Å². The Hall–Kier alpha value is -2.40. The third-order valence-corrected chi connectivity index (χ3v) is 3.96. The van der Waals surface area contributed by atoms with E-state index in [1.165, 1.54) is 11.6 Å². The molecule has 5 nitrogen and oxygen atoms in total. The number of hydrogen-bond donors (Lipinski definition) is 1. The quantitative estimate of drug-likeness (QED) is 0.677. The van der Waals surface area contributed by atoms with Crippen molar-refractivity contribution in [3.63, 3.8) is 0 Å². The average Bonchev–Trinajstić information content (AvgIpc) is 2.80. The summed E-state index contributed by atoms with van der Waals surface area (Å²) in [6.07, 6.45) is 0.903. The number of nitro groups is 1. The minimum Gasteiger partial charge on any atom is -0.487 e. The third-order valence-electron chi connectivity index (χ3n) is 3.96. The monoisotopic (exact) mass is 312 g/mol. The first-order chi connectivity index (χ1) is 10.9. The molecule has 0 spiro atoms. The van der Waals surface area contributed by atoms with Gasteiger partial charge in [-0.3, -0.25) is 10.1 Å². The zero-order valence-corrected chi connectivity index (χ0v) is 13.3. The number of nitro benzene ring substituents is 1. The zero-order valence-electron chi connectivity index (χ0n) is 13.3. The minimum atomic E-state index is -0.341. The van der Waals surface area contributed by atoms with Crippen molar-refractivity contribution in [3.8, 4) is 5.75 Å². The van der Waals surface area contributed by atoms with Gasteiger partial charge in [-0.25, -0.2) is 0 Å². The number of rotatable bonds is 5. The lowest BCUT2D eigenvalue weighted by atomic mass is 10.0. The van der Waals surface area contributed by atoms with E-state index < -0.39 is 0 Å². The van der Waals surface area contributed by atoms with E-state index in [0.717, 1.165) is 17.7 Å². The molecule has 0 radical (unpaired) electrons. The van der Waals surface area contributed by atoms with Crippen LogP contribution in [0.25, 0.3) is 0 Å². The molecule has 0 bridgehead atoms. The Morgan fingerprint density at radius 2 is 2.00 bits per heavy atom. The number of hydrogen-bond acceptors (Lipinski definition) is 4. The molecule has 0 unspecified atom stereocenters. The molecule has 120 valence electrons. The smallest absolute Gasteiger partial charge is 0.273 e. The predicted molar refractivity (Wildman–Crippen MR) is 88.5 cm³/mol. The molecule has 5 heteroatoms. The summed E-state index contributed by atoms with van der Waals surface area (Å²) in [6.45, 7) is 5.30. The number of nitrogens with zero attached hydrogens (tertiary/aromatic N) is 1. The van der Waals surface area contributed by atoms with Gasteiger partial charge in [0.1, 0.15) is 11.4 Å². The highest BCUT2D eigenvalue weighted by Gasteiger charge is 2.29. The van der Waals surface area contributed by atoms with E-state index in [4.69, 9.17) is 4.74 Å². The first kappa shape index (κ1) is 15.5. The Morgan fingerprint density at radius 1 is 1.22 bits per heavy atom. The van der Waals surface area contributed by atoms with Crippen LogP contribution in [-0.2, 0) is 19.5 Å². The van der Waals surface area contributed by atoms with Crippen molar-refractivity contribution in [2.24, 2.45) is 0 Å². The molecule has 1 aliphatic heterocycles. The lowest BCUT2D eigenvalue weighted by molar-refractivity contribution is -0.385. The fraction of sp³-hybridized carbons (Fsp3) is 0.333. The van der Waals surface area contributed by atoms with Gasteiger partial charge in [0.25, 0.3) is 5.69 Å². The van der Waals surface area contributed by atoms with Crippen molar-refractivity contribution < 1.29 is 9.66 Å². The largest absolute Gasteiger partial charge is 0.487 e. The van der Waals surface area contributed by atoms with Gasteiger partial charge in [0.2, 0.25) is 0 Å². The lowest BCUT2D eigenvalue weighted by Crippen LogP contribution is -2.24. The minimum absolute atomic E-state index is 0.140. The van der Waals surface area contributed by atoms with Crippen molar-refractivity contribution in [1.82, 2.24) is 5.32 Å². The molecule has 0 saturated heterocycles. The van der Waals surface area contributed by atoms with Crippen LogP contribution in [0.2, 0.25) is 0 Å². The molecule has 1 aliphatic rings. The van der Waals surface area contributed by atoms with Gasteiger partial charge in [-0.15, -0.1) is 0 Å². The summed E-state index contributed by atoms with van der Waals surface area (Å²) in [5.41, 5.74) is 3.09. The van der Waals surface area contributed by atoms with Gasteiger partial charge >= 0.3 is 0 Å². The third kappa shape index (κ3) is 3.51. The molecule has 0 fully saturated rings. The topological polar surface area (TPSA) is 64.4 Å². The van der Waals surface area contributed by atoms with E-state index >= 15 is 0 Å². The highest BCUT2D eigenvalue weighted by Crippen LogP contribution is 2.35. The van der Waals surface area contributed by atoms with E-state index in [0.29, 0.717) is 18.7 Å². The lowest BCUT2D eigenvalue weighted by Gasteiger charge is -2.16. The second kappa shape index (κ2) is 6.01. The van der Waals surface area contributed by atoms with Crippen LogP contribution in [0.5, 0.6) is 5.75 Å². The van der Waals surface area contributed by atoms with E-state index in [1.54, 1.807) is 12.1 Å². The van der Waals surface area contributed by atoms with Crippen molar-refractivity contribution in [2.45, 2.75) is 39.0 Å². The van der Waals surface area contributed by atoms with Crippen LogP contribution in [0, 0.1) is 10.1 Å². The standard InChI is InChI=1S/C18H20N2O3/c1-18(2)10-15-9-13(7-8-17(15)23-18)11-19-12-14-5-3-4-6-16(14)20(21)22/h3-9,19H,10-12H2,1-2H3. The fourth-order valence-electron chi connectivity index (χ4n) is 2.95. The first-order valence-electron chi connectivity index (χ1n) is 7.68. The summed E-state index contributed by atoms with van der Waals surface area (Å²) in [7, 11) is 0. The average molecular weight is 312 g/mol. The number of para-hydroxylation sites is 1. The normalized spacial score (nSPS) is 15.0. The van der Waals surface area contributed by atoms with Crippen LogP contribution in [0.3, 0.4) is 0 Å². The Kier molecular flexibility index (Phi) is 4.05. The first-order valence-corrected chi connectivity index (χ1v) is 7.68. The van der Waals surface area contributed by atoms with Crippen molar-refractivity contribution >= 4 is 5.69 Å². The van der Waals surface area contributed by atoms with Crippen molar-refractivity contribution in [2.75, 3.05) is 0 Å². The van der Waals surface area contributed by atoms with E-state index in [2.05, 4.69) is 25.2 Å². The Balaban J connectivity index is 1.64. The van der Waals surface area contributed by atoms with Gasteiger partial charge in [-0.2, -0.15) is 0 Å². The van der Waals surface area contributed by atoms with Crippen LogP contribution in [0.15, 0.2) is 42.5 Å². The molecule has 1 N–H and O–H groups in total. The SMILES string of the molecule is CC1(C)Cc2cc(CNCc3ccccc3[N+](=O)[O-])ccc2O1. The molecule has 0 atom stereocenters. The number of benzene rings is 2. The molecule has 23 heavy (non-hydrogen) atoms. The molecule has 2 aromatic carbocycles.